The summed E-state index contributed by atoms with van der Waals surface area (Å²) in [6.07, 6.45) is -0.286. The second-order valence-electron chi connectivity index (χ2n) is 5.92. The van der Waals surface area contributed by atoms with Crippen LogP contribution in [-0.4, -0.2) is 28.8 Å². The Hall–Kier alpha value is -3.35. The van der Waals surface area contributed by atoms with E-state index < -0.39 is 6.10 Å². The van der Waals surface area contributed by atoms with Crippen molar-refractivity contribution in [2.24, 2.45) is 0 Å². The number of rotatable bonds is 4. The van der Waals surface area contributed by atoms with Crippen molar-refractivity contribution in [1.29, 1.82) is 0 Å². The Labute approximate surface area is 149 Å². The van der Waals surface area contributed by atoms with Crippen molar-refractivity contribution in [3.05, 3.63) is 65.8 Å². The zero-order valence-electron chi connectivity index (χ0n) is 14.1. The third-order valence-electron chi connectivity index (χ3n) is 3.99. The average Bonchev–Trinajstić information content (AvgIpc) is 3.07. The SMILES string of the molecule is Cc1noc(Cc2ccccc2NC(=O)C2COc3ccccc3O2)n1. The molecule has 0 saturated carbocycles. The highest BCUT2D eigenvalue weighted by atomic mass is 16.6. The van der Waals surface area contributed by atoms with Crippen LogP contribution in [0.3, 0.4) is 0 Å². The van der Waals surface area contributed by atoms with Gasteiger partial charge >= 0.3 is 0 Å². The molecule has 0 aliphatic carbocycles. The normalized spacial score (nSPS) is 15.5. The molecule has 0 fully saturated rings. The standard InChI is InChI=1S/C19H17N3O4/c1-12-20-18(26-22-12)10-13-6-2-3-7-14(13)21-19(23)17-11-24-15-8-4-5-9-16(15)25-17/h2-9,17H,10-11H2,1H3,(H,21,23). The number of aromatic nitrogens is 2. The molecule has 26 heavy (non-hydrogen) atoms. The van der Waals surface area contributed by atoms with Crippen LogP contribution in [0.1, 0.15) is 17.3 Å². The fraction of sp³-hybridized carbons (Fsp3) is 0.211. The number of para-hydroxylation sites is 3. The number of hydrogen-bond acceptors (Lipinski definition) is 6. The number of benzene rings is 2. The van der Waals surface area contributed by atoms with Crippen molar-refractivity contribution in [1.82, 2.24) is 10.1 Å². The number of fused-ring (bicyclic) bond motifs is 1. The molecule has 2 heterocycles. The third kappa shape index (κ3) is 3.37. The molecule has 3 aromatic rings. The summed E-state index contributed by atoms with van der Waals surface area (Å²) in [4.78, 5) is 16.8. The van der Waals surface area contributed by atoms with E-state index in [0.717, 1.165) is 5.56 Å². The van der Waals surface area contributed by atoms with Gasteiger partial charge in [0, 0.05) is 5.69 Å². The van der Waals surface area contributed by atoms with Crippen LogP contribution in [0.15, 0.2) is 53.1 Å². The summed E-state index contributed by atoms with van der Waals surface area (Å²) >= 11 is 0. The van der Waals surface area contributed by atoms with E-state index in [4.69, 9.17) is 14.0 Å². The minimum absolute atomic E-state index is 0.161. The van der Waals surface area contributed by atoms with E-state index in [9.17, 15) is 4.79 Å². The van der Waals surface area contributed by atoms with E-state index in [-0.39, 0.29) is 12.5 Å². The van der Waals surface area contributed by atoms with E-state index >= 15 is 0 Å². The molecule has 0 radical (unpaired) electrons. The zero-order chi connectivity index (χ0) is 17.9. The maximum Gasteiger partial charge on any atom is 0.269 e. The Bertz CT molecular complexity index is 938. The summed E-state index contributed by atoms with van der Waals surface area (Å²) in [6, 6.07) is 14.8. The fourth-order valence-electron chi connectivity index (χ4n) is 2.73. The highest BCUT2D eigenvalue weighted by Gasteiger charge is 2.27. The minimum Gasteiger partial charge on any atom is -0.485 e. The van der Waals surface area contributed by atoms with Gasteiger partial charge in [-0.1, -0.05) is 35.5 Å². The average molecular weight is 351 g/mol. The van der Waals surface area contributed by atoms with Gasteiger partial charge in [-0.15, -0.1) is 0 Å². The minimum atomic E-state index is -0.719. The van der Waals surface area contributed by atoms with Crippen molar-refractivity contribution in [3.63, 3.8) is 0 Å². The molecule has 1 amide bonds. The second kappa shape index (κ2) is 6.87. The van der Waals surface area contributed by atoms with Crippen molar-refractivity contribution in [2.45, 2.75) is 19.4 Å². The number of nitrogens with one attached hydrogen (secondary N) is 1. The first-order valence-electron chi connectivity index (χ1n) is 8.25. The lowest BCUT2D eigenvalue weighted by atomic mass is 10.1. The summed E-state index contributed by atoms with van der Waals surface area (Å²) in [5.41, 5.74) is 1.55. The molecule has 1 aliphatic heterocycles. The van der Waals surface area contributed by atoms with Gasteiger partial charge in [-0.05, 0) is 30.7 Å². The monoisotopic (exact) mass is 351 g/mol. The van der Waals surface area contributed by atoms with E-state index in [1.54, 1.807) is 13.0 Å². The summed E-state index contributed by atoms with van der Waals surface area (Å²) < 4.78 is 16.5. The first-order valence-corrected chi connectivity index (χ1v) is 8.25. The first kappa shape index (κ1) is 16.1. The molecule has 1 unspecified atom stereocenters. The quantitative estimate of drug-likeness (QED) is 0.778. The van der Waals surface area contributed by atoms with Crippen LogP contribution in [0.4, 0.5) is 5.69 Å². The number of nitrogens with zero attached hydrogens (tertiary/aromatic N) is 2. The fourth-order valence-corrected chi connectivity index (χ4v) is 2.73. The Morgan fingerprint density at radius 3 is 2.73 bits per heavy atom. The lowest BCUT2D eigenvalue weighted by molar-refractivity contribution is -0.125. The van der Waals surface area contributed by atoms with Crippen molar-refractivity contribution >= 4 is 11.6 Å². The molecular weight excluding hydrogens is 334 g/mol. The number of carbonyl (C=O) groups excluding carboxylic acids is 1. The molecule has 0 saturated heterocycles. The molecule has 2 aromatic carbocycles. The predicted molar refractivity (Wildman–Crippen MR) is 93.3 cm³/mol. The van der Waals surface area contributed by atoms with Crippen LogP contribution >= 0.6 is 0 Å². The topological polar surface area (TPSA) is 86.5 Å². The maximum atomic E-state index is 12.6. The van der Waals surface area contributed by atoms with Gasteiger partial charge in [0.25, 0.3) is 5.91 Å². The van der Waals surface area contributed by atoms with Gasteiger partial charge in [-0.3, -0.25) is 4.79 Å². The van der Waals surface area contributed by atoms with Gasteiger partial charge < -0.3 is 19.3 Å². The van der Waals surface area contributed by atoms with Crippen LogP contribution in [0.2, 0.25) is 0 Å². The number of anilines is 1. The molecule has 1 atom stereocenters. The summed E-state index contributed by atoms with van der Waals surface area (Å²) in [5.74, 6) is 2.01. The van der Waals surface area contributed by atoms with Crippen LogP contribution in [0.5, 0.6) is 11.5 Å². The Kier molecular flexibility index (Phi) is 4.27. The van der Waals surface area contributed by atoms with Crippen molar-refractivity contribution < 1.29 is 18.8 Å². The third-order valence-corrected chi connectivity index (χ3v) is 3.99. The molecule has 0 spiro atoms. The van der Waals surface area contributed by atoms with Gasteiger partial charge in [-0.2, -0.15) is 4.98 Å². The highest BCUT2D eigenvalue weighted by Crippen LogP contribution is 2.31. The van der Waals surface area contributed by atoms with Gasteiger partial charge in [0.05, 0.1) is 6.42 Å². The molecule has 7 nitrogen and oxygen atoms in total. The number of hydrogen-bond donors (Lipinski definition) is 1. The van der Waals surface area contributed by atoms with Crippen LogP contribution < -0.4 is 14.8 Å². The van der Waals surface area contributed by atoms with E-state index in [0.29, 0.717) is 35.3 Å². The smallest absolute Gasteiger partial charge is 0.269 e. The largest absolute Gasteiger partial charge is 0.485 e. The number of carbonyl (C=O) groups is 1. The molecule has 4 rings (SSSR count). The molecule has 1 aromatic heterocycles. The van der Waals surface area contributed by atoms with Crippen molar-refractivity contribution in [2.75, 3.05) is 11.9 Å². The Morgan fingerprint density at radius 1 is 1.15 bits per heavy atom. The van der Waals surface area contributed by atoms with Crippen LogP contribution in [0, 0.1) is 6.92 Å². The summed E-state index contributed by atoms with van der Waals surface area (Å²) in [7, 11) is 0. The van der Waals surface area contributed by atoms with Gasteiger partial charge in [0.15, 0.2) is 17.3 Å². The van der Waals surface area contributed by atoms with Gasteiger partial charge in [0.2, 0.25) is 12.0 Å². The lowest BCUT2D eigenvalue weighted by Crippen LogP contribution is -2.40. The number of aryl methyl sites for hydroxylation is 1. The maximum absolute atomic E-state index is 12.6. The lowest BCUT2D eigenvalue weighted by Gasteiger charge is -2.25. The van der Waals surface area contributed by atoms with E-state index in [2.05, 4.69) is 15.5 Å². The van der Waals surface area contributed by atoms with Crippen molar-refractivity contribution in [3.8, 4) is 11.5 Å². The number of ether oxygens (including phenoxy) is 2. The number of amides is 1. The van der Waals surface area contributed by atoms with Gasteiger partial charge in [-0.25, -0.2) is 0 Å². The van der Waals surface area contributed by atoms with Crippen LogP contribution in [-0.2, 0) is 11.2 Å². The molecule has 0 bridgehead atoms. The first-order chi connectivity index (χ1) is 12.7. The summed E-state index contributed by atoms with van der Waals surface area (Å²) in [6.45, 7) is 1.92. The predicted octanol–water partition coefficient (Wildman–Crippen LogP) is 2.75. The molecule has 1 N–H and O–H groups in total. The summed E-state index contributed by atoms with van der Waals surface area (Å²) in [5, 5.41) is 6.69. The Balaban J connectivity index is 1.48. The van der Waals surface area contributed by atoms with Gasteiger partial charge in [0.1, 0.15) is 6.61 Å². The Morgan fingerprint density at radius 2 is 1.92 bits per heavy atom. The van der Waals surface area contributed by atoms with Crippen LogP contribution in [0.25, 0.3) is 0 Å². The molecule has 1 aliphatic rings. The molecular formula is C19H17N3O4. The van der Waals surface area contributed by atoms with E-state index in [1.165, 1.54) is 0 Å². The molecule has 132 valence electrons. The van der Waals surface area contributed by atoms with E-state index in [1.807, 2.05) is 42.5 Å². The zero-order valence-corrected chi connectivity index (χ0v) is 14.1. The molecule has 7 heteroatoms. The second-order valence-corrected chi connectivity index (χ2v) is 5.92. The highest BCUT2D eigenvalue weighted by molar-refractivity contribution is 5.95.